The number of amides is 1. The van der Waals surface area contributed by atoms with E-state index in [9.17, 15) is 19.8 Å². The SMILES string of the molecule is CCCCCCCC/C=C\CCCCCCCC(=O)OCCCCCCCCCCCCCCCCCCCC(=O)NC(CO)C(O)CCCCCCCCCCCCCCCCCC. The van der Waals surface area contributed by atoms with Gasteiger partial charge in [0.2, 0.25) is 5.91 Å². The van der Waals surface area contributed by atoms with Gasteiger partial charge in [-0.1, -0.05) is 276 Å². The Morgan fingerprint density at radius 2 is 0.723 bits per heavy atom. The van der Waals surface area contributed by atoms with Gasteiger partial charge in [-0.15, -0.1) is 0 Å². The molecule has 0 aromatic carbocycles. The average molecular weight is 919 g/mol. The standard InChI is InChI=1S/C59H115NO5/c1-3-5-7-9-11-13-15-17-19-24-27-31-35-39-43-47-51-57(62)56(55-61)60-58(63)52-48-44-40-36-32-28-25-21-20-22-26-30-34-38-42-46-50-54-65-59(64)53-49-45-41-37-33-29-23-18-16-14-12-10-8-6-4-2/h18,23,56-57,61-62H,3-17,19-22,24-55H2,1-2H3,(H,60,63)/b23-18-. The lowest BCUT2D eigenvalue weighted by Gasteiger charge is -2.22. The van der Waals surface area contributed by atoms with Crippen molar-refractivity contribution in [3.05, 3.63) is 12.2 Å². The first-order chi connectivity index (χ1) is 32.0. The summed E-state index contributed by atoms with van der Waals surface area (Å²) < 4.78 is 5.48. The lowest BCUT2D eigenvalue weighted by atomic mass is 10.0. The molecule has 0 saturated heterocycles. The van der Waals surface area contributed by atoms with E-state index in [2.05, 4.69) is 31.3 Å². The number of nitrogens with one attached hydrogen (secondary N) is 1. The first-order valence-electron chi connectivity index (χ1n) is 29.4. The Morgan fingerprint density at radius 3 is 1.09 bits per heavy atom. The molecule has 6 nitrogen and oxygen atoms in total. The van der Waals surface area contributed by atoms with Gasteiger partial charge in [-0.05, 0) is 51.4 Å². The van der Waals surface area contributed by atoms with Crippen molar-refractivity contribution in [1.29, 1.82) is 0 Å². The summed E-state index contributed by atoms with van der Waals surface area (Å²) >= 11 is 0. The molecule has 3 N–H and O–H groups in total. The second-order valence-corrected chi connectivity index (χ2v) is 20.3. The van der Waals surface area contributed by atoms with Crippen LogP contribution in [0.1, 0.15) is 328 Å². The summed E-state index contributed by atoms with van der Waals surface area (Å²) in [5, 5.41) is 23.3. The van der Waals surface area contributed by atoms with Gasteiger partial charge in [-0.2, -0.15) is 0 Å². The van der Waals surface area contributed by atoms with Crippen molar-refractivity contribution in [2.24, 2.45) is 0 Å². The van der Waals surface area contributed by atoms with E-state index in [0.717, 1.165) is 44.9 Å². The van der Waals surface area contributed by atoms with Crippen molar-refractivity contribution in [3.8, 4) is 0 Å². The van der Waals surface area contributed by atoms with Gasteiger partial charge in [0.05, 0.1) is 25.4 Å². The number of carbonyl (C=O) groups excluding carboxylic acids is 2. The molecule has 65 heavy (non-hydrogen) atoms. The van der Waals surface area contributed by atoms with Crippen LogP contribution in [0, 0.1) is 0 Å². The fraction of sp³-hybridized carbons (Fsp3) is 0.932. The third kappa shape index (κ3) is 51.8. The minimum absolute atomic E-state index is 0.00183. The summed E-state index contributed by atoms with van der Waals surface area (Å²) in [6.07, 6.45) is 64.8. The van der Waals surface area contributed by atoms with Gasteiger partial charge in [0.1, 0.15) is 0 Å². The molecule has 0 radical (unpaired) electrons. The third-order valence-electron chi connectivity index (χ3n) is 13.8. The van der Waals surface area contributed by atoms with Crippen molar-refractivity contribution in [1.82, 2.24) is 5.32 Å². The Labute approximate surface area is 406 Å². The predicted molar refractivity (Wildman–Crippen MR) is 283 cm³/mol. The minimum atomic E-state index is -0.667. The van der Waals surface area contributed by atoms with E-state index >= 15 is 0 Å². The van der Waals surface area contributed by atoms with Crippen LogP contribution in [0.3, 0.4) is 0 Å². The Bertz CT molecular complexity index is 970. The van der Waals surface area contributed by atoms with Gasteiger partial charge in [-0.3, -0.25) is 9.59 Å². The normalized spacial score (nSPS) is 12.6. The van der Waals surface area contributed by atoms with Gasteiger partial charge in [0.25, 0.3) is 0 Å². The molecule has 0 bridgehead atoms. The molecule has 0 aliphatic carbocycles. The molecule has 2 atom stereocenters. The number of ether oxygens (including phenoxy) is 1. The first kappa shape index (κ1) is 63.6. The minimum Gasteiger partial charge on any atom is -0.466 e. The van der Waals surface area contributed by atoms with Crippen LogP contribution in [0.2, 0.25) is 0 Å². The zero-order chi connectivity index (χ0) is 47.2. The van der Waals surface area contributed by atoms with Crippen LogP contribution in [0.5, 0.6) is 0 Å². The van der Waals surface area contributed by atoms with E-state index in [1.54, 1.807) is 0 Å². The number of esters is 1. The molecule has 0 rings (SSSR count). The molecule has 0 aromatic rings. The molecule has 0 heterocycles. The number of rotatable bonds is 55. The van der Waals surface area contributed by atoms with Gasteiger partial charge in [-0.25, -0.2) is 0 Å². The Balaban J connectivity index is 3.41. The number of allylic oxidation sites excluding steroid dienone is 2. The molecule has 0 aliphatic heterocycles. The molecule has 0 aromatic heterocycles. The van der Waals surface area contributed by atoms with Crippen LogP contribution >= 0.6 is 0 Å². The maximum absolute atomic E-state index is 12.5. The number of aliphatic hydroxyl groups excluding tert-OH is 2. The van der Waals surface area contributed by atoms with Crippen LogP contribution in [0.25, 0.3) is 0 Å². The number of aliphatic hydroxyl groups is 2. The molecule has 0 fully saturated rings. The van der Waals surface area contributed by atoms with Crippen LogP contribution in [0.15, 0.2) is 12.2 Å². The zero-order valence-corrected chi connectivity index (χ0v) is 44.0. The number of carbonyl (C=O) groups is 2. The second-order valence-electron chi connectivity index (χ2n) is 20.3. The molecule has 0 aliphatic rings. The summed E-state index contributed by atoms with van der Waals surface area (Å²) in [5.41, 5.74) is 0. The molecule has 0 spiro atoms. The van der Waals surface area contributed by atoms with E-state index < -0.39 is 12.1 Å². The highest BCUT2D eigenvalue weighted by Crippen LogP contribution is 2.18. The summed E-state index contributed by atoms with van der Waals surface area (Å²) in [4.78, 5) is 24.5. The number of hydrogen-bond donors (Lipinski definition) is 3. The van der Waals surface area contributed by atoms with Gasteiger partial charge in [0.15, 0.2) is 0 Å². The third-order valence-corrected chi connectivity index (χ3v) is 13.8. The monoisotopic (exact) mass is 918 g/mol. The van der Waals surface area contributed by atoms with Gasteiger partial charge in [0, 0.05) is 12.8 Å². The summed E-state index contributed by atoms with van der Waals surface area (Å²) in [5.74, 6) is -0.0399. The number of hydrogen-bond acceptors (Lipinski definition) is 5. The lowest BCUT2D eigenvalue weighted by molar-refractivity contribution is -0.143. The molecule has 2 unspecified atom stereocenters. The molecule has 0 saturated carbocycles. The van der Waals surface area contributed by atoms with E-state index in [0.29, 0.717) is 25.9 Å². The highest BCUT2D eigenvalue weighted by atomic mass is 16.5. The van der Waals surface area contributed by atoms with E-state index in [-0.39, 0.29) is 18.5 Å². The quantitative estimate of drug-likeness (QED) is 0.0321. The fourth-order valence-corrected chi connectivity index (χ4v) is 9.28. The molecule has 386 valence electrons. The van der Waals surface area contributed by atoms with E-state index in [1.807, 2.05) is 0 Å². The van der Waals surface area contributed by atoms with Crippen LogP contribution in [0.4, 0.5) is 0 Å². The Kier molecular flexibility index (Phi) is 54.0. The summed E-state index contributed by atoms with van der Waals surface area (Å²) in [6, 6.07) is -0.545. The van der Waals surface area contributed by atoms with Crippen LogP contribution in [-0.2, 0) is 14.3 Å². The fourth-order valence-electron chi connectivity index (χ4n) is 9.28. The largest absolute Gasteiger partial charge is 0.466 e. The van der Waals surface area contributed by atoms with Gasteiger partial charge < -0.3 is 20.3 Å². The number of unbranched alkanes of at least 4 members (excludes halogenated alkanes) is 42. The maximum atomic E-state index is 12.5. The molecule has 6 heteroatoms. The first-order valence-corrected chi connectivity index (χ1v) is 29.4. The van der Waals surface area contributed by atoms with Crippen molar-refractivity contribution in [2.45, 2.75) is 341 Å². The smallest absolute Gasteiger partial charge is 0.305 e. The van der Waals surface area contributed by atoms with Crippen LogP contribution in [-0.4, -0.2) is 47.4 Å². The van der Waals surface area contributed by atoms with Crippen molar-refractivity contribution >= 4 is 11.9 Å². The van der Waals surface area contributed by atoms with Crippen LogP contribution < -0.4 is 5.32 Å². The second kappa shape index (κ2) is 55.2. The Morgan fingerprint density at radius 1 is 0.415 bits per heavy atom. The maximum Gasteiger partial charge on any atom is 0.305 e. The van der Waals surface area contributed by atoms with Crippen molar-refractivity contribution in [3.63, 3.8) is 0 Å². The topological polar surface area (TPSA) is 95.9 Å². The van der Waals surface area contributed by atoms with E-state index in [4.69, 9.17) is 4.74 Å². The Hall–Kier alpha value is -1.40. The predicted octanol–water partition coefficient (Wildman–Crippen LogP) is 18.1. The molecular weight excluding hydrogens is 803 g/mol. The lowest BCUT2D eigenvalue weighted by Crippen LogP contribution is -2.45. The van der Waals surface area contributed by atoms with Gasteiger partial charge >= 0.3 is 5.97 Å². The zero-order valence-electron chi connectivity index (χ0n) is 44.0. The van der Waals surface area contributed by atoms with Crippen molar-refractivity contribution < 1.29 is 24.5 Å². The summed E-state index contributed by atoms with van der Waals surface area (Å²) in [6.45, 7) is 4.95. The molecular formula is C59H115NO5. The molecule has 1 amide bonds. The highest BCUT2D eigenvalue weighted by molar-refractivity contribution is 5.76. The average Bonchev–Trinajstić information content (AvgIpc) is 3.31. The highest BCUT2D eigenvalue weighted by Gasteiger charge is 2.20. The summed E-state index contributed by atoms with van der Waals surface area (Å²) in [7, 11) is 0. The van der Waals surface area contributed by atoms with Crippen molar-refractivity contribution in [2.75, 3.05) is 13.2 Å². The van der Waals surface area contributed by atoms with E-state index in [1.165, 1.54) is 250 Å².